The predicted molar refractivity (Wildman–Crippen MR) is 79.1 cm³/mol. The van der Waals surface area contributed by atoms with Crippen molar-refractivity contribution in [1.82, 2.24) is 9.55 Å². The first-order chi connectivity index (χ1) is 9.24. The highest BCUT2D eigenvalue weighted by atomic mass is 15.1. The molecule has 0 spiro atoms. The first kappa shape index (κ1) is 13.6. The molecule has 1 aromatic heterocycles. The molecule has 0 aliphatic rings. The van der Waals surface area contributed by atoms with Crippen LogP contribution in [-0.4, -0.2) is 16.1 Å². The Morgan fingerprint density at radius 2 is 2.05 bits per heavy atom. The van der Waals surface area contributed by atoms with Crippen LogP contribution in [0.3, 0.4) is 0 Å². The fourth-order valence-electron chi connectivity index (χ4n) is 2.15. The Labute approximate surface area is 114 Å². The van der Waals surface area contributed by atoms with E-state index in [0.29, 0.717) is 6.54 Å². The van der Waals surface area contributed by atoms with Crippen LogP contribution in [0.25, 0.3) is 0 Å². The van der Waals surface area contributed by atoms with Crippen LogP contribution in [0, 0.1) is 6.92 Å². The molecule has 0 aliphatic carbocycles. The molecule has 19 heavy (non-hydrogen) atoms. The number of nitrogens with one attached hydrogen (secondary N) is 1. The van der Waals surface area contributed by atoms with Gasteiger partial charge in [0.1, 0.15) is 0 Å². The first-order valence-corrected chi connectivity index (χ1v) is 6.78. The lowest BCUT2D eigenvalue weighted by molar-refractivity contribution is 0.613. The van der Waals surface area contributed by atoms with Crippen molar-refractivity contribution >= 4 is 5.69 Å². The van der Waals surface area contributed by atoms with E-state index in [1.807, 2.05) is 12.5 Å². The van der Waals surface area contributed by atoms with Gasteiger partial charge in [0.25, 0.3) is 0 Å². The van der Waals surface area contributed by atoms with Crippen LogP contribution < -0.4 is 11.1 Å². The van der Waals surface area contributed by atoms with E-state index in [-0.39, 0.29) is 6.04 Å². The molecule has 0 radical (unpaired) electrons. The summed E-state index contributed by atoms with van der Waals surface area (Å²) in [5.41, 5.74) is 9.39. The first-order valence-electron chi connectivity index (χ1n) is 6.78. The molecule has 0 saturated carbocycles. The zero-order valence-corrected chi connectivity index (χ0v) is 11.6. The molecule has 2 rings (SSSR count). The van der Waals surface area contributed by atoms with Crippen LogP contribution in [0.4, 0.5) is 5.69 Å². The molecule has 4 nitrogen and oxygen atoms in total. The highest BCUT2D eigenvalue weighted by Crippen LogP contribution is 2.19. The smallest absolute Gasteiger partial charge is 0.0948 e. The lowest BCUT2D eigenvalue weighted by Crippen LogP contribution is -2.23. The molecule has 0 fully saturated rings. The highest BCUT2D eigenvalue weighted by molar-refractivity contribution is 5.46. The molecule has 4 heteroatoms. The molecular formula is C15H22N4. The van der Waals surface area contributed by atoms with Gasteiger partial charge in [-0.1, -0.05) is 24.6 Å². The standard InChI is InChI=1S/C15H22N4/c1-3-8-19-11-17-10-15(19)14(9-16)18-13-6-4-12(2)5-7-13/h4-7,10-11,14,18H,3,8-9,16H2,1-2H3. The Balaban J connectivity index is 2.15. The summed E-state index contributed by atoms with van der Waals surface area (Å²) in [4.78, 5) is 4.23. The molecule has 3 N–H and O–H groups in total. The highest BCUT2D eigenvalue weighted by Gasteiger charge is 2.14. The van der Waals surface area contributed by atoms with Crippen LogP contribution in [-0.2, 0) is 6.54 Å². The van der Waals surface area contributed by atoms with Crippen molar-refractivity contribution < 1.29 is 0 Å². The molecule has 0 bridgehead atoms. The summed E-state index contributed by atoms with van der Waals surface area (Å²) in [7, 11) is 0. The van der Waals surface area contributed by atoms with Gasteiger partial charge in [0.15, 0.2) is 0 Å². The summed E-state index contributed by atoms with van der Waals surface area (Å²) in [6.45, 7) is 5.76. The van der Waals surface area contributed by atoms with Crippen LogP contribution in [0.15, 0.2) is 36.8 Å². The van der Waals surface area contributed by atoms with E-state index in [0.717, 1.165) is 24.3 Å². The van der Waals surface area contributed by atoms with Crippen LogP contribution in [0.5, 0.6) is 0 Å². The molecule has 1 aromatic carbocycles. The maximum atomic E-state index is 5.90. The topological polar surface area (TPSA) is 55.9 Å². The predicted octanol–water partition coefficient (Wildman–Crippen LogP) is 2.71. The third-order valence-electron chi connectivity index (χ3n) is 3.19. The van der Waals surface area contributed by atoms with Crippen molar-refractivity contribution in [3.63, 3.8) is 0 Å². The molecule has 0 aliphatic heterocycles. The molecule has 0 amide bonds. The monoisotopic (exact) mass is 258 g/mol. The number of imidazole rings is 1. The molecule has 2 aromatic rings. The molecule has 102 valence electrons. The van der Waals surface area contributed by atoms with E-state index in [2.05, 4.69) is 53.0 Å². The number of anilines is 1. The Bertz CT molecular complexity index is 501. The van der Waals surface area contributed by atoms with Gasteiger partial charge >= 0.3 is 0 Å². The molecular weight excluding hydrogens is 236 g/mol. The fourth-order valence-corrected chi connectivity index (χ4v) is 2.15. The maximum Gasteiger partial charge on any atom is 0.0948 e. The van der Waals surface area contributed by atoms with Crippen molar-refractivity contribution in [2.45, 2.75) is 32.9 Å². The van der Waals surface area contributed by atoms with E-state index >= 15 is 0 Å². The summed E-state index contributed by atoms with van der Waals surface area (Å²) in [5, 5.41) is 3.47. The summed E-state index contributed by atoms with van der Waals surface area (Å²) in [5.74, 6) is 0. The van der Waals surface area contributed by atoms with Gasteiger partial charge in [-0.15, -0.1) is 0 Å². The van der Waals surface area contributed by atoms with Gasteiger partial charge in [-0.05, 0) is 25.5 Å². The van der Waals surface area contributed by atoms with Gasteiger partial charge in [0, 0.05) is 18.8 Å². The van der Waals surface area contributed by atoms with Crippen molar-refractivity contribution in [3.8, 4) is 0 Å². The van der Waals surface area contributed by atoms with Gasteiger partial charge in [-0.3, -0.25) is 0 Å². The lowest BCUT2D eigenvalue weighted by Gasteiger charge is -2.20. The maximum absolute atomic E-state index is 5.90. The van der Waals surface area contributed by atoms with Crippen molar-refractivity contribution in [3.05, 3.63) is 48.0 Å². The molecule has 0 saturated heterocycles. The van der Waals surface area contributed by atoms with E-state index in [9.17, 15) is 0 Å². The Hall–Kier alpha value is -1.81. The minimum absolute atomic E-state index is 0.0942. The van der Waals surface area contributed by atoms with E-state index in [1.54, 1.807) is 0 Å². The zero-order chi connectivity index (χ0) is 13.7. The minimum atomic E-state index is 0.0942. The molecule has 1 heterocycles. The number of rotatable bonds is 6. The average molecular weight is 258 g/mol. The van der Waals surface area contributed by atoms with E-state index in [1.165, 1.54) is 5.56 Å². The number of nitrogens with two attached hydrogens (primary N) is 1. The normalized spacial score (nSPS) is 12.4. The summed E-state index contributed by atoms with van der Waals surface area (Å²) >= 11 is 0. The van der Waals surface area contributed by atoms with Crippen molar-refractivity contribution in [2.24, 2.45) is 5.73 Å². The van der Waals surface area contributed by atoms with Crippen LogP contribution >= 0.6 is 0 Å². The SMILES string of the molecule is CCCn1cncc1C(CN)Nc1ccc(C)cc1. The van der Waals surface area contributed by atoms with Gasteiger partial charge in [0.05, 0.1) is 24.3 Å². The molecule has 1 atom stereocenters. The number of hydrogen-bond donors (Lipinski definition) is 2. The Morgan fingerprint density at radius 3 is 2.68 bits per heavy atom. The second-order valence-electron chi connectivity index (χ2n) is 4.81. The second-order valence-corrected chi connectivity index (χ2v) is 4.81. The lowest BCUT2D eigenvalue weighted by atomic mass is 10.1. The number of benzene rings is 1. The van der Waals surface area contributed by atoms with Crippen LogP contribution in [0.1, 0.15) is 30.6 Å². The van der Waals surface area contributed by atoms with Crippen molar-refractivity contribution in [1.29, 1.82) is 0 Å². The van der Waals surface area contributed by atoms with E-state index in [4.69, 9.17) is 5.73 Å². The number of aryl methyl sites for hydroxylation is 2. The average Bonchev–Trinajstić information content (AvgIpc) is 2.87. The largest absolute Gasteiger partial charge is 0.375 e. The number of nitrogens with zero attached hydrogens (tertiary/aromatic N) is 2. The summed E-state index contributed by atoms with van der Waals surface area (Å²) < 4.78 is 2.17. The molecule has 1 unspecified atom stereocenters. The second kappa shape index (κ2) is 6.38. The third kappa shape index (κ3) is 3.35. The van der Waals surface area contributed by atoms with Crippen LogP contribution in [0.2, 0.25) is 0 Å². The van der Waals surface area contributed by atoms with E-state index < -0.39 is 0 Å². The van der Waals surface area contributed by atoms with Gasteiger partial charge < -0.3 is 15.6 Å². The summed E-state index contributed by atoms with van der Waals surface area (Å²) in [6, 6.07) is 8.45. The number of hydrogen-bond acceptors (Lipinski definition) is 3. The fraction of sp³-hybridized carbons (Fsp3) is 0.400. The third-order valence-corrected chi connectivity index (χ3v) is 3.19. The summed E-state index contributed by atoms with van der Waals surface area (Å²) in [6.07, 6.45) is 4.86. The Kier molecular flexibility index (Phi) is 4.58. The van der Waals surface area contributed by atoms with Gasteiger partial charge in [-0.2, -0.15) is 0 Å². The van der Waals surface area contributed by atoms with Gasteiger partial charge in [-0.25, -0.2) is 4.98 Å². The quantitative estimate of drug-likeness (QED) is 0.837. The van der Waals surface area contributed by atoms with Gasteiger partial charge in [0.2, 0.25) is 0 Å². The minimum Gasteiger partial charge on any atom is -0.375 e. The number of aromatic nitrogens is 2. The van der Waals surface area contributed by atoms with Crippen molar-refractivity contribution in [2.75, 3.05) is 11.9 Å². The Morgan fingerprint density at radius 1 is 1.32 bits per heavy atom. The zero-order valence-electron chi connectivity index (χ0n) is 11.6.